The summed E-state index contributed by atoms with van der Waals surface area (Å²) in [6, 6.07) is 12.7. The molecule has 22 heavy (non-hydrogen) atoms. The Hall–Kier alpha value is -2.80. The van der Waals surface area contributed by atoms with Gasteiger partial charge in [0, 0.05) is 18.0 Å². The molecular formula is C15H12N4O2S. The number of nitrogens with zero attached hydrogens (tertiary/aromatic N) is 3. The minimum absolute atomic E-state index is 0.242. The molecule has 6 nitrogen and oxygen atoms in total. The highest BCUT2D eigenvalue weighted by Crippen LogP contribution is 2.18. The maximum absolute atomic E-state index is 12.0. The first-order chi connectivity index (χ1) is 10.8. The third-order valence-electron chi connectivity index (χ3n) is 2.74. The fourth-order valence-electron chi connectivity index (χ4n) is 1.70. The zero-order valence-corrected chi connectivity index (χ0v) is 12.3. The number of anilines is 1. The van der Waals surface area contributed by atoms with Gasteiger partial charge in [0.15, 0.2) is 5.01 Å². The molecule has 0 aliphatic rings. The predicted molar refractivity (Wildman–Crippen MR) is 82.9 cm³/mol. The van der Waals surface area contributed by atoms with E-state index in [-0.39, 0.29) is 5.91 Å². The Morgan fingerprint density at radius 3 is 2.64 bits per heavy atom. The molecule has 0 radical (unpaired) electrons. The van der Waals surface area contributed by atoms with Crippen molar-refractivity contribution in [2.45, 2.75) is 6.61 Å². The van der Waals surface area contributed by atoms with Crippen molar-refractivity contribution in [3.8, 4) is 5.75 Å². The minimum atomic E-state index is -0.242. The molecular weight excluding hydrogens is 300 g/mol. The van der Waals surface area contributed by atoms with Crippen LogP contribution >= 0.6 is 11.3 Å². The van der Waals surface area contributed by atoms with Crippen LogP contribution in [0.15, 0.2) is 54.9 Å². The minimum Gasteiger partial charge on any atom is -0.486 e. The summed E-state index contributed by atoms with van der Waals surface area (Å²) >= 11 is 1.28. The van der Waals surface area contributed by atoms with Crippen LogP contribution in [-0.4, -0.2) is 21.1 Å². The van der Waals surface area contributed by atoms with Crippen molar-refractivity contribution >= 4 is 22.4 Å². The average Bonchev–Trinajstić information content (AvgIpc) is 3.02. The van der Waals surface area contributed by atoms with E-state index >= 15 is 0 Å². The lowest BCUT2D eigenvalue weighted by molar-refractivity contribution is 0.102. The van der Waals surface area contributed by atoms with Crippen molar-refractivity contribution in [3.63, 3.8) is 0 Å². The number of benzene rings is 1. The maximum atomic E-state index is 12.0. The van der Waals surface area contributed by atoms with Crippen molar-refractivity contribution in [1.82, 2.24) is 15.2 Å². The molecule has 7 heteroatoms. The SMILES string of the molecule is O=C(Nc1nnc(COc2ccccc2)s1)c1ccncc1. The van der Waals surface area contributed by atoms with E-state index in [1.54, 1.807) is 24.5 Å². The molecule has 1 N–H and O–H groups in total. The number of hydrogen-bond donors (Lipinski definition) is 1. The van der Waals surface area contributed by atoms with Gasteiger partial charge in [0.1, 0.15) is 12.4 Å². The van der Waals surface area contributed by atoms with E-state index in [4.69, 9.17) is 4.74 Å². The molecule has 0 saturated heterocycles. The summed E-state index contributed by atoms with van der Waals surface area (Å²) < 4.78 is 5.58. The number of carbonyl (C=O) groups is 1. The van der Waals surface area contributed by atoms with E-state index < -0.39 is 0 Å². The van der Waals surface area contributed by atoms with Gasteiger partial charge >= 0.3 is 0 Å². The first-order valence-electron chi connectivity index (χ1n) is 6.53. The molecule has 110 valence electrons. The maximum Gasteiger partial charge on any atom is 0.257 e. The molecule has 3 aromatic rings. The molecule has 0 atom stereocenters. The first kappa shape index (κ1) is 14.2. The molecule has 0 unspecified atom stereocenters. The fraction of sp³-hybridized carbons (Fsp3) is 0.0667. The summed E-state index contributed by atoms with van der Waals surface area (Å²) in [4.78, 5) is 15.8. The van der Waals surface area contributed by atoms with Crippen molar-refractivity contribution in [1.29, 1.82) is 0 Å². The van der Waals surface area contributed by atoms with Crippen LogP contribution in [0.5, 0.6) is 5.75 Å². The van der Waals surface area contributed by atoms with Crippen LogP contribution in [-0.2, 0) is 6.61 Å². The fourth-order valence-corrected chi connectivity index (χ4v) is 2.34. The van der Waals surface area contributed by atoms with E-state index in [0.717, 1.165) is 5.75 Å². The van der Waals surface area contributed by atoms with Gasteiger partial charge in [-0.1, -0.05) is 29.5 Å². The molecule has 0 aliphatic carbocycles. The second-order valence-electron chi connectivity index (χ2n) is 4.29. The van der Waals surface area contributed by atoms with Crippen LogP contribution in [0.2, 0.25) is 0 Å². The van der Waals surface area contributed by atoms with E-state index in [0.29, 0.717) is 22.3 Å². The van der Waals surface area contributed by atoms with Crippen molar-refractivity contribution in [2.24, 2.45) is 0 Å². The summed E-state index contributed by atoms with van der Waals surface area (Å²) in [6.07, 6.45) is 3.13. The quantitative estimate of drug-likeness (QED) is 0.784. The van der Waals surface area contributed by atoms with Gasteiger partial charge in [-0.2, -0.15) is 0 Å². The van der Waals surface area contributed by atoms with Crippen molar-refractivity contribution in [3.05, 3.63) is 65.4 Å². The summed E-state index contributed by atoms with van der Waals surface area (Å²) in [5.41, 5.74) is 0.521. The van der Waals surface area contributed by atoms with Crippen LogP contribution in [0.3, 0.4) is 0 Å². The number of para-hydroxylation sites is 1. The lowest BCUT2D eigenvalue weighted by atomic mass is 10.2. The number of aromatic nitrogens is 3. The largest absolute Gasteiger partial charge is 0.486 e. The first-order valence-corrected chi connectivity index (χ1v) is 7.34. The highest BCUT2D eigenvalue weighted by Gasteiger charge is 2.10. The normalized spacial score (nSPS) is 10.2. The molecule has 2 aromatic heterocycles. The van der Waals surface area contributed by atoms with Crippen LogP contribution in [0.1, 0.15) is 15.4 Å². The Balaban J connectivity index is 1.58. The van der Waals surface area contributed by atoms with Gasteiger partial charge in [0.2, 0.25) is 5.13 Å². The molecule has 0 spiro atoms. The summed E-state index contributed by atoms with van der Waals surface area (Å²) in [6.45, 7) is 0.312. The van der Waals surface area contributed by atoms with E-state index in [2.05, 4.69) is 20.5 Å². The standard InChI is InChI=1S/C15H12N4O2S/c20-14(11-6-8-16-9-7-11)17-15-19-18-13(22-15)10-21-12-4-2-1-3-5-12/h1-9H,10H2,(H,17,19,20). The second-order valence-corrected chi connectivity index (χ2v) is 5.35. The van der Waals surface area contributed by atoms with Crippen LogP contribution < -0.4 is 10.1 Å². The number of rotatable bonds is 5. The summed E-state index contributed by atoms with van der Waals surface area (Å²) in [7, 11) is 0. The van der Waals surface area contributed by atoms with Gasteiger partial charge in [0.25, 0.3) is 5.91 Å². The molecule has 3 rings (SSSR count). The third-order valence-corrected chi connectivity index (χ3v) is 3.55. The van der Waals surface area contributed by atoms with Gasteiger partial charge in [-0.25, -0.2) is 0 Å². The van der Waals surface area contributed by atoms with Gasteiger partial charge < -0.3 is 4.74 Å². The van der Waals surface area contributed by atoms with E-state index in [1.807, 2.05) is 30.3 Å². The van der Waals surface area contributed by atoms with Gasteiger partial charge in [0.05, 0.1) is 0 Å². The van der Waals surface area contributed by atoms with Crippen LogP contribution in [0.25, 0.3) is 0 Å². The molecule has 0 aliphatic heterocycles. The summed E-state index contributed by atoms with van der Waals surface area (Å²) in [5.74, 6) is 0.522. The number of ether oxygens (including phenoxy) is 1. The van der Waals surface area contributed by atoms with Gasteiger partial charge in [-0.15, -0.1) is 10.2 Å². The smallest absolute Gasteiger partial charge is 0.257 e. The topological polar surface area (TPSA) is 77.0 Å². The van der Waals surface area contributed by atoms with Gasteiger partial charge in [-0.3, -0.25) is 15.1 Å². The number of hydrogen-bond acceptors (Lipinski definition) is 6. The van der Waals surface area contributed by atoms with Crippen LogP contribution in [0, 0.1) is 0 Å². The highest BCUT2D eigenvalue weighted by atomic mass is 32.1. The Bertz CT molecular complexity index is 747. The highest BCUT2D eigenvalue weighted by molar-refractivity contribution is 7.15. The zero-order valence-electron chi connectivity index (χ0n) is 11.5. The zero-order chi connectivity index (χ0) is 15.2. The molecule has 1 amide bonds. The van der Waals surface area contributed by atoms with Crippen molar-refractivity contribution < 1.29 is 9.53 Å². The third kappa shape index (κ3) is 3.64. The number of carbonyl (C=O) groups excluding carboxylic acids is 1. The Morgan fingerprint density at radius 1 is 1.09 bits per heavy atom. The Kier molecular flexibility index (Phi) is 4.35. The molecule has 1 aromatic carbocycles. The number of pyridine rings is 1. The Labute approximate surface area is 130 Å². The monoisotopic (exact) mass is 312 g/mol. The number of amides is 1. The van der Waals surface area contributed by atoms with E-state index in [1.165, 1.54) is 11.3 Å². The van der Waals surface area contributed by atoms with Crippen LogP contribution in [0.4, 0.5) is 5.13 Å². The number of nitrogens with one attached hydrogen (secondary N) is 1. The average molecular weight is 312 g/mol. The molecule has 0 bridgehead atoms. The van der Waals surface area contributed by atoms with E-state index in [9.17, 15) is 4.79 Å². The van der Waals surface area contributed by atoms with Gasteiger partial charge in [-0.05, 0) is 24.3 Å². The molecule has 2 heterocycles. The Morgan fingerprint density at radius 2 is 1.86 bits per heavy atom. The lowest BCUT2D eigenvalue weighted by Gasteiger charge is -2.02. The lowest BCUT2D eigenvalue weighted by Crippen LogP contribution is -2.11. The molecule has 0 saturated carbocycles. The summed E-state index contributed by atoms with van der Waals surface area (Å²) in [5, 5.41) is 11.8. The predicted octanol–water partition coefficient (Wildman–Crippen LogP) is 2.76. The van der Waals surface area contributed by atoms with Crippen molar-refractivity contribution in [2.75, 3.05) is 5.32 Å². The second kappa shape index (κ2) is 6.77. The molecule has 0 fully saturated rings.